The van der Waals surface area contributed by atoms with Crippen LogP contribution in [0.1, 0.15) is 154 Å². The summed E-state index contributed by atoms with van der Waals surface area (Å²) in [5.41, 5.74) is 5.32. The van der Waals surface area contributed by atoms with Crippen LogP contribution in [0.25, 0.3) is 97.6 Å². The van der Waals surface area contributed by atoms with Crippen molar-refractivity contribution in [3.8, 4) is 34.4 Å². The third-order valence-corrected chi connectivity index (χ3v) is 17.2. The number of ether oxygens (including phenoxy) is 2. The van der Waals surface area contributed by atoms with Crippen molar-refractivity contribution in [1.82, 2.24) is 9.13 Å². The first-order valence-corrected chi connectivity index (χ1v) is 28.3. The fraction of sp³-hybridized carbons (Fsp3) is 0.278. The first kappa shape index (κ1) is 51.1. The molecule has 0 fully saturated rings. The van der Waals surface area contributed by atoms with Gasteiger partial charge in [-0.15, -0.1) is 0 Å². The van der Waals surface area contributed by atoms with Gasteiger partial charge in [-0.1, -0.05) is 158 Å². The van der Waals surface area contributed by atoms with Crippen molar-refractivity contribution in [3.63, 3.8) is 0 Å². The highest BCUT2D eigenvalue weighted by molar-refractivity contribution is 6.50. The predicted molar refractivity (Wildman–Crippen MR) is 333 cm³/mol. The Morgan fingerprint density at radius 1 is 0.338 bits per heavy atom. The van der Waals surface area contributed by atoms with E-state index < -0.39 is 22.2 Å². The average Bonchev–Trinajstić information content (AvgIpc) is 3.59. The summed E-state index contributed by atoms with van der Waals surface area (Å²) < 4.78 is 17.0. The lowest BCUT2D eigenvalue weighted by molar-refractivity contribution is 0.487. The Morgan fingerprint density at radius 3 is 0.925 bits per heavy atom. The maximum Gasteiger partial charge on any atom is 0.266 e. The second-order valence-electron chi connectivity index (χ2n) is 25.8. The fourth-order valence-corrected chi connectivity index (χ4v) is 13.2. The minimum atomic E-state index is -0.413. The molecule has 0 saturated carbocycles. The van der Waals surface area contributed by atoms with E-state index in [9.17, 15) is 0 Å². The minimum Gasteiger partial charge on any atom is -0.457 e. The minimum absolute atomic E-state index is 0.000375. The quantitative estimate of drug-likeness (QED) is 0.1000. The summed E-state index contributed by atoms with van der Waals surface area (Å²) in [6, 6.07) is 40.0. The van der Waals surface area contributed by atoms with Crippen molar-refractivity contribution in [2.45, 2.75) is 131 Å². The molecule has 0 spiro atoms. The van der Waals surface area contributed by atoms with Gasteiger partial charge in [-0.3, -0.25) is 19.2 Å². The van der Waals surface area contributed by atoms with Crippen LogP contribution in [-0.4, -0.2) is 9.13 Å². The molecule has 2 heterocycles. The third kappa shape index (κ3) is 7.33. The van der Waals surface area contributed by atoms with Gasteiger partial charge in [-0.05, 0) is 150 Å². The molecule has 0 radical (unpaired) electrons. The Bertz CT molecular complexity index is 4550. The normalized spacial score (nSPS) is 13.0. The van der Waals surface area contributed by atoms with Crippen molar-refractivity contribution < 1.29 is 9.47 Å². The zero-order chi connectivity index (χ0) is 56.5. The lowest BCUT2D eigenvalue weighted by atomic mass is 9.79. The van der Waals surface area contributed by atoms with Gasteiger partial charge in [0.25, 0.3) is 22.2 Å². The van der Waals surface area contributed by atoms with E-state index in [1.54, 1.807) is 0 Å². The molecule has 11 aromatic carbocycles. The van der Waals surface area contributed by atoms with Crippen molar-refractivity contribution in [2.75, 3.05) is 0 Å². The van der Waals surface area contributed by atoms with Gasteiger partial charge in [0.1, 0.15) is 23.0 Å². The summed E-state index contributed by atoms with van der Waals surface area (Å²) in [7, 11) is 0. The molecule has 0 amide bonds. The fourth-order valence-electron chi connectivity index (χ4n) is 13.2. The molecule has 0 N–H and O–H groups in total. The van der Waals surface area contributed by atoms with Crippen LogP contribution >= 0.6 is 0 Å². The summed E-state index contributed by atoms with van der Waals surface area (Å²) in [6.45, 7) is 29.8. The molecule has 0 unspecified atom stereocenters. The van der Waals surface area contributed by atoms with E-state index in [0.29, 0.717) is 77.5 Å². The first-order valence-electron chi connectivity index (χ1n) is 28.3. The first-order chi connectivity index (χ1) is 37.9. The van der Waals surface area contributed by atoms with Gasteiger partial charge < -0.3 is 9.47 Å². The number of para-hydroxylation sites is 2. The Labute approximate surface area is 464 Å². The summed E-state index contributed by atoms with van der Waals surface area (Å²) in [5, 5.41) is 10.1. The molecule has 400 valence electrons. The zero-order valence-corrected chi connectivity index (χ0v) is 48.2. The van der Waals surface area contributed by atoms with E-state index in [1.807, 2.05) is 97.1 Å². The molecule has 8 heteroatoms. The van der Waals surface area contributed by atoms with Crippen molar-refractivity contribution in [3.05, 3.63) is 196 Å². The summed E-state index contributed by atoms with van der Waals surface area (Å²) in [5.74, 6) is 2.17. The molecule has 0 atom stereocenters. The molecule has 0 bridgehead atoms. The van der Waals surface area contributed by atoms with Gasteiger partial charge in [-0.25, -0.2) is 9.13 Å². The van der Waals surface area contributed by atoms with E-state index in [1.165, 1.54) is 9.13 Å². The number of pyridine rings is 2. The highest BCUT2D eigenvalue weighted by atomic mass is 16.5. The Kier molecular flexibility index (Phi) is 11.2. The molecule has 0 aliphatic heterocycles. The molecule has 2 aromatic heterocycles. The number of hydrogen-bond acceptors (Lipinski definition) is 6. The smallest absolute Gasteiger partial charge is 0.266 e. The molecule has 80 heavy (non-hydrogen) atoms. The number of rotatable bonds is 10. The number of aromatic nitrogens is 2. The van der Waals surface area contributed by atoms with Gasteiger partial charge in [-0.2, -0.15) is 0 Å². The van der Waals surface area contributed by atoms with Gasteiger partial charge in [0.05, 0.1) is 11.4 Å². The topological polar surface area (TPSA) is 96.6 Å². The van der Waals surface area contributed by atoms with Gasteiger partial charge in [0, 0.05) is 64.6 Å². The van der Waals surface area contributed by atoms with Crippen molar-refractivity contribution in [2.24, 2.45) is 0 Å². The molecular formula is C72H66N2O6. The monoisotopic (exact) mass is 1050 g/mol. The van der Waals surface area contributed by atoms with E-state index in [4.69, 9.17) is 9.47 Å². The zero-order valence-electron chi connectivity index (χ0n) is 48.2. The molecule has 13 rings (SSSR count). The van der Waals surface area contributed by atoms with Crippen LogP contribution in [0.5, 0.6) is 23.0 Å². The van der Waals surface area contributed by atoms with Gasteiger partial charge in [0.15, 0.2) is 0 Å². The van der Waals surface area contributed by atoms with Gasteiger partial charge in [0.2, 0.25) is 0 Å². The van der Waals surface area contributed by atoms with Crippen LogP contribution in [0.2, 0.25) is 0 Å². The lowest BCUT2D eigenvalue weighted by Crippen LogP contribution is -2.34. The Morgan fingerprint density at radius 2 is 0.637 bits per heavy atom. The number of benzene rings is 11. The standard InChI is InChI=1S/C72H66N2O6/c1-35(2)45-17-15-18-46(36(3)4)65(45)73-67(75)51-29-39-31-56(80-44-27-23-42(24-28-44)72(12,13)14)50-34-54-60-52(68(76)74(70(54)78)66-47(37(5)6)19-16-20-48(66)38(7)8)30-40-32-55(79-43-25-21-41(22-26-43)71(9,10)11)49-33-53(69(73)77)59(51)63-57(39)62(50)64(60)58(40)61(49)63/h15-38H,1-14H3. The molecule has 0 aliphatic carbocycles. The van der Waals surface area contributed by atoms with Crippen LogP contribution in [-0.2, 0) is 10.8 Å². The van der Waals surface area contributed by atoms with E-state index >= 15 is 19.2 Å². The third-order valence-electron chi connectivity index (χ3n) is 17.2. The van der Waals surface area contributed by atoms with E-state index in [-0.39, 0.29) is 34.5 Å². The van der Waals surface area contributed by atoms with Crippen LogP contribution in [0.4, 0.5) is 0 Å². The maximum atomic E-state index is 15.9. The molecule has 0 aliphatic rings. The van der Waals surface area contributed by atoms with Crippen LogP contribution in [0, 0.1) is 0 Å². The predicted octanol–water partition coefficient (Wildman–Crippen LogP) is 17.8. The van der Waals surface area contributed by atoms with E-state index in [2.05, 4.69) is 121 Å². The maximum absolute atomic E-state index is 15.9. The molecular weight excluding hydrogens is 989 g/mol. The van der Waals surface area contributed by atoms with Gasteiger partial charge >= 0.3 is 0 Å². The molecule has 13 aromatic rings. The number of hydrogen-bond donors (Lipinski definition) is 0. The van der Waals surface area contributed by atoms with Crippen LogP contribution in [0.15, 0.2) is 141 Å². The van der Waals surface area contributed by atoms with Crippen LogP contribution < -0.4 is 31.7 Å². The largest absolute Gasteiger partial charge is 0.457 e. The average molecular weight is 1060 g/mol. The SMILES string of the molecule is CC(C)c1cccc(C(C)C)c1-n1c(=O)c2cc3cc(Oc4ccc(C(C)(C)C)cc4)c4cc5c(=O)n(-c6c(C(C)C)cccc6C(C)C)c(=O)c6cc7cc(Oc8ccc(C(C)(C)C)cc8)c8cc(c1=O)c2c1c3c4c(c65)c7c81. The Balaban J connectivity index is 1.26. The second-order valence-corrected chi connectivity index (χ2v) is 25.8. The van der Waals surface area contributed by atoms with Crippen LogP contribution in [0.3, 0.4) is 0 Å². The summed E-state index contributed by atoms with van der Waals surface area (Å²) in [4.78, 5) is 63.7. The highest BCUT2D eigenvalue weighted by Crippen LogP contribution is 2.55. The molecule has 0 saturated heterocycles. The summed E-state index contributed by atoms with van der Waals surface area (Å²) >= 11 is 0. The number of nitrogens with zero attached hydrogens (tertiary/aromatic N) is 2. The molecule has 8 nitrogen and oxygen atoms in total. The van der Waals surface area contributed by atoms with Crippen molar-refractivity contribution >= 4 is 86.2 Å². The highest BCUT2D eigenvalue weighted by Gasteiger charge is 2.33. The second kappa shape index (κ2) is 17.6. The van der Waals surface area contributed by atoms with E-state index in [0.717, 1.165) is 76.5 Å². The summed E-state index contributed by atoms with van der Waals surface area (Å²) in [6.07, 6.45) is 0. The van der Waals surface area contributed by atoms with Crippen molar-refractivity contribution in [1.29, 1.82) is 0 Å². The Hall–Kier alpha value is -8.36. The lowest BCUT2D eigenvalue weighted by Gasteiger charge is -2.27.